The normalized spacial score (nSPS) is 16.6. The number of ether oxygens (including phenoxy) is 1. The highest BCUT2D eigenvalue weighted by Crippen LogP contribution is 2.13. The molecule has 2 N–H and O–H groups in total. The van der Waals surface area contributed by atoms with Crippen LogP contribution in [0.2, 0.25) is 0 Å². The van der Waals surface area contributed by atoms with Crippen molar-refractivity contribution >= 4 is 23.7 Å². The lowest BCUT2D eigenvalue weighted by molar-refractivity contribution is -0.141. The molecule has 1 amide bonds. The topological polar surface area (TPSA) is 83.5 Å². The first-order chi connectivity index (χ1) is 8.70. The maximum atomic E-state index is 11.6. The molecule has 1 aromatic rings. The van der Waals surface area contributed by atoms with E-state index in [-0.39, 0.29) is 12.3 Å². The Labute approximate surface area is 104 Å². The van der Waals surface area contributed by atoms with Crippen molar-refractivity contribution in [1.82, 2.24) is 10.4 Å². The minimum Gasteiger partial charge on any atom is -0.466 e. The fourth-order valence-corrected chi connectivity index (χ4v) is 1.59. The fraction of sp³-hybridized carbons (Fsp3) is 0.250. The molecule has 0 radical (unpaired) electrons. The van der Waals surface area contributed by atoms with Gasteiger partial charge in [-0.15, -0.1) is 0 Å². The summed E-state index contributed by atoms with van der Waals surface area (Å²) in [5, 5.41) is 3.84. The van der Waals surface area contributed by atoms with E-state index >= 15 is 0 Å². The Bertz CT molecular complexity index is 515. The van der Waals surface area contributed by atoms with E-state index in [1.807, 2.05) is 12.1 Å². The van der Waals surface area contributed by atoms with Gasteiger partial charge in [0.2, 0.25) is 0 Å². The molecule has 1 aliphatic rings. The van der Waals surface area contributed by atoms with Crippen LogP contribution in [0.5, 0.6) is 0 Å². The molecule has 0 unspecified atom stereocenters. The summed E-state index contributed by atoms with van der Waals surface area (Å²) in [6.45, 7) is 2.04. The summed E-state index contributed by atoms with van der Waals surface area (Å²) < 4.78 is 4.83. The van der Waals surface area contributed by atoms with E-state index in [4.69, 9.17) is 4.74 Å². The number of amides is 1. The molecule has 2 heterocycles. The van der Waals surface area contributed by atoms with Gasteiger partial charge in [0, 0.05) is 11.9 Å². The van der Waals surface area contributed by atoms with Gasteiger partial charge in [0.25, 0.3) is 5.91 Å². The van der Waals surface area contributed by atoms with Gasteiger partial charge in [-0.25, -0.2) is 5.43 Å². The number of nitrogens with one attached hydrogen (secondary N) is 2. The molecule has 6 heteroatoms. The first-order valence-electron chi connectivity index (χ1n) is 5.58. The molecule has 0 bridgehead atoms. The monoisotopic (exact) mass is 247 g/mol. The van der Waals surface area contributed by atoms with Gasteiger partial charge in [-0.2, -0.15) is 5.10 Å². The molecular weight excluding hydrogens is 234 g/mol. The van der Waals surface area contributed by atoms with Gasteiger partial charge in [0.05, 0.1) is 24.3 Å². The number of aromatic nitrogens is 1. The van der Waals surface area contributed by atoms with Crippen LogP contribution in [0.25, 0.3) is 6.08 Å². The number of hydrogen-bond donors (Lipinski definition) is 2. The number of hydrogen-bond acceptors (Lipinski definition) is 4. The van der Waals surface area contributed by atoms with Crippen LogP contribution >= 0.6 is 0 Å². The van der Waals surface area contributed by atoms with Crippen LogP contribution in [0.1, 0.15) is 19.0 Å². The van der Waals surface area contributed by atoms with Crippen molar-refractivity contribution < 1.29 is 14.3 Å². The third-order valence-electron chi connectivity index (χ3n) is 2.39. The zero-order valence-electron chi connectivity index (χ0n) is 9.90. The smallest absolute Gasteiger partial charge is 0.311 e. The second-order valence-corrected chi connectivity index (χ2v) is 3.66. The molecule has 1 aliphatic heterocycles. The third-order valence-corrected chi connectivity index (χ3v) is 2.39. The number of H-pyrrole nitrogens is 1. The van der Waals surface area contributed by atoms with Crippen molar-refractivity contribution in [2.24, 2.45) is 5.10 Å². The van der Waals surface area contributed by atoms with Crippen molar-refractivity contribution in [2.75, 3.05) is 6.61 Å². The number of esters is 1. The van der Waals surface area contributed by atoms with Crippen molar-refractivity contribution in [2.45, 2.75) is 13.3 Å². The van der Waals surface area contributed by atoms with Gasteiger partial charge < -0.3 is 9.72 Å². The van der Waals surface area contributed by atoms with Gasteiger partial charge >= 0.3 is 5.97 Å². The molecule has 18 heavy (non-hydrogen) atoms. The number of nitrogens with zero attached hydrogens (tertiary/aromatic N) is 1. The van der Waals surface area contributed by atoms with Crippen LogP contribution in [0.15, 0.2) is 29.0 Å². The summed E-state index contributed by atoms with van der Waals surface area (Å²) >= 11 is 0. The average Bonchev–Trinajstić information content (AvgIpc) is 2.94. The van der Waals surface area contributed by atoms with Crippen molar-refractivity contribution in [3.05, 3.63) is 29.6 Å². The predicted octanol–water partition coefficient (Wildman–Crippen LogP) is 0.837. The molecule has 0 spiro atoms. The first-order valence-corrected chi connectivity index (χ1v) is 5.58. The molecule has 0 aliphatic carbocycles. The lowest BCUT2D eigenvalue weighted by Gasteiger charge is -2.01. The molecule has 6 nitrogen and oxygen atoms in total. The molecule has 94 valence electrons. The maximum Gasteiger partial charge on any atom is 0.311 e. The van der Waals surface area contributed by atoms with Crippen molar-refractivity contribution in [3.63, 3.8) is 0 Å². The highest BCUT2D eigenvalue weighted by atomic mass is 16.5. The van der Waals surface area contributed by atoms with Gasteiger partial charge in [0.1, 0.15) is 0 Å². The van der Waals surface area contributed by atoms with E-state index in [1.54, 1.807) is 19.2 Å². The molecule has 2 rings (SSSR count). The molecule has 0 atom stereocenters. The highest BCUT2D eigenvalue weighted by Gasteiger charge is 2.25. The third kappa shape index (κ3) is 2.65. The highest BCUT2D eigenvalue weighted by molar-refractivity contribution is 6.30. The Kier molecular flexibility index (Phi) is 3.57. The number of aromatic amines is 1. The summed E-state index contributed by atoms with van der Waals surface area (Å²) in [7, 11) is 0. The fourth-order valence-electron chi connectivity index (χ4n) is 1.59. The molecule has 1 aromatic heterocycles. The van der Waals surface area contributed by atoms with E-state index in [0.717, 1.165) is 5.69 Å². The summed E-state index contributed by atoms with van der Waals surface area (Å²) in [5.74, 6) is -0.714. The van der Waals surface area contributed by atoms with Gasteiger partial charge in [-0.1, -0.05) is 0 Å². The lowest BCUT2D eigenvalue weighted by atomic mass is 10.1. The maximum absolute atomic E-state index is 11.6. The van der Waals surface area contributed by atoms with Crippen LogP contribution in [0, 0.1) is 0 Å². The Morgan fingerprint density at radius 1 is 1.56 bits per heavy atom. The molecule has 0 saturated carbocycles. The van der Waals surface area contributed by atoms with Crippen LogP contribution in [-0.4, -0.2) is 29.2 Å². The Morgan fingerprint density at radius 3 is 3.06 bits per heavy atom. The second kappa shape index (κ2) is 5.31. The quantitative estimate of drug-likeness (QED) is 0.610. The molecule has 0 saturated heterocycles. The van der Waals surface area contributed by atoms with Crippen LogP contribution in [0.3, 0.4) is 0 Å². The van der Waals surface area contributed by atoms with Crippen LogP contribution in [-0.2, 0) is 14.3 Å². The van der Waals surface area contributed by atoms with E-state index in [1.165, 1.54) is 0 Å². The summed E-state index contributed by atoms with van der Waals surface area (Å²) in [5.41, 5.74) is 3.89. The van der Waals surface area contributed by atoms with Gasteiger partial charge in [-0.3, -0.25) is 9.59 Å². The SMILES string of the molecule is CCOC(=O)CC1=NNC(=O)C1=Cc1ccc[nH]1. The largest absolute Gasteiger partial charge is 0.466 e. The van der Waals surface area contributed by atoms with Crippen LogP contribution < -0.4 is 5.43 Å². The molecular formula is C12H13N3O3. The first kappa shape index (κ1) is 12.1. The van der Waals surface area contributed by atoms with E-state index in [9.17, 15) is 9.59 Å². The lowest BCUT2D eigenvalue weighted by Crippen LogP contribution is -2.15. The van der Waals surface area contributed by atoms with Gasteiger partial charge in [0.15, 0.2) is 0 Å². The molecule has 0 aromatic carbocycles. The Hall–Kier alpha value is -2.37. The molecule has 0 fully saturated rings. The number of rotatable bonds is 4. The number of carbonyl (C=O) groups is 2. The van der Waals surface area contributed by atoms with E-state index in [0.29, 0.717) is 17.9 Å². The van der Waals surface area contributed by atoms with Crippen molar-refractivity contribution in [1.29, 1.82) is 0 Å². The van der Waals surface area contributed by atoms with E-state index < -0.39 is 5.97 Å². The van der Waals surface area contributed by atoms with Gasteiger partial charge in [-0.05, 0) is 25.1 Å². The average molecular weight is 247 g/mol. The van der Waals surface area contributed by atoms with Crippen molar-refractivity contribution in [3.8, 4) is 0 Å². The Morgan fingerprint density at radius 2 is 2.39 bits per heavy atom. The zero-order valence-corrected chi connectivity index (χ0v) is 9.90. The minimum atomic E-state index is -0.398. The summed E-state index contributed by atoms with van der Waals surface area (Å²) in [4.78, 5) is 25.9. The standard InChI is InChI=1S/C12H13N3O3/c1-2-18-11(16)7-10-9(12(17)15-14-10)6-8-4-3-5-13-8/h3-6,13H,2,7H2,1H3,(H,15,17). The second-order valence-electron chi connectivity index (χ2n) is 3.66. The minimum absolute atomic E-state index is 0.0148. The van der Waals surface area contributed by atoms with E-state index in [2.05, 4.69) is 15.5 Å². The predicted molar refractivity (Wildman–Crippen MR) is 65.6 cm³/mol. The Balaban J connectivity index is 2.15. The summed E-state index contributed by atoms with van der Waals surface area (Å²) in [6, 6.07) is 3.64. The number of carbonyl (C=O) groups excluding carboxylic acids is 2. The number of hydrazone groups is 1. The summed E-state index contributed by atoms with van der Waals surface area (Å²) in [6.07, 6.45) is 3.39. The van der Waals surface area contributed by atoms with Crippen LogP contribution in [0.4, 0.5) is 0 Å². The zero-order chi connectivity index (χ0) is 13.0.